The van der Waals surface area contributed by atoms with Gasteiger partial charge in [-0.1, -0.05) is 0 Å². The molecular weight excluding hydrogens is 294 g/mol. The minimum Gasteiger partial charge on any atom is -0.340 e. The van der Waals surface area contributed by atoms with E-state index in [4.69, 9.17) is 0 Å². The molecule has 23 heavy (non-hydrogen) atoms. The lowest BCUT2D eigenvalue weighted by Crippen LogP contribution is -2.43. The van der Waals surface area contributed by atoms with Crippen LogP contribution in [0.3, 0.4) is 0 Å². The molecule has 0 aliphatic rings. The number of pyridine rings is 1. The predicted molar refractivity (Wildman–Crippen MR) is 85.3 cm³/mol. The molecule has 0 bridgehead atoms. The van der Waals surface area contributed by atoms with Gasteiger partial charge in [-0.15, -0.1) is 0 Å². The number of hydrogen-bond donors (Lipinski definition) is 2. The Hall–Kier alpha value is -2.96. The first-order valence-electron chi connectivity index (χ1n) is 7.20. The largest absolute Gasteiger partial charge is 0.340 e. The van der Waals surface area contributed by atoms with E-state index in [1.54, 1.807) is 55.9 Å². The van der Waals surface area contributed by atoms with E-state index in [1.165, 1.54) is 6.07 Å². The Kier molecular flexibility index (Phi) is 3.48. The van der Waals surface area contributed by atoms with Crippen LogP contribution in [0.4, 0.5) is 0 Å². The number of H-pyrrole nitrogens is 1. The van der Waals surface area contributed by atoms with Crippen LogP contribution in [0.15, 0.2) is 41.5 Å². The van der Waals surface area contributed by atoms with E-state index in [2.05, 4.69) is 20.4 Å². The average Bonchev–Trinajstić information content (AvgIpc) is 2.93. The minimum absolute atomic E-state index is 0.243. The monoisotopic (exact) mass is 311 g/mol. The molecule has 3 rings (SSSR count). The fraction of sp³-hybridized carbons (Fsp3) is 0.250. The van der Waals surface area contributed by atoms with Crippen molar-refractivity contribution in [3.05, 3.63) is 64.1 Å². The summed E-state index contributed by atoms with van der Waals surface area (Å²) in [5.74, 6) is 0.154. The van der Waals surface area contributed by atoms with Gasteiger partial charge in [-0.05, 0) is 39.0 Å². The number of aromatic amines is 1. The van der Waals surface area contributed by atoms with E-state index < -0.39 is 5.54 Å². The van der Waals surface area contributed by atoms with Gasteiger partial charge in [-0.3, -0.25) is 9.59 Å². The summed E-state index contributed by atoms with van der Waals surface area (Å²) in [6, 6.07) is 6.67. The molecule has 7 nitrogen and oxygen atoms in total. The number of carbonyl (C=O) groups is 1. The molecule has 0 fully saturated rings. The smallest absolute Gasteiger partial charge is 0.254 e. The van der Waals surface area contributed by atoms with Gasteiger partial charge in [-0.25, -0.2) is 9.50 Å². The third-order valence-electron chi connectivity index (χ3n) is 3.57. The Morgan fingerprint density at radius 2 is 2.13 bits per heavy atom. The third kappa shape index (κ3) is 2.85. The van der Waals surface area contributed by atoms with Crippen LogP contribution in [0.2, 0.25) is 0 Å². The van der Waals surface area contributed by atoms with Crippen molar-refractivity contribution in [2.75, 3.05) is 0 Å². The fourth-order valence-electron chi connectivity index (χ4n) is 2.43. The molecular formula is C16H17N5O2. The fourth-order valence-corrected chi connectivity index (χ4v) is 2.43. The molecule has 3 aromatic rings. The van der Waals surface area contributed by atoms with Crippen molar-refractivity contribution in [2.45, 2.75) is 26.3 Å². The first kappa shape index (κ1) is 15.0. The van der Waals surface area contributed by atoms with Gasteiger partial charge in [0.1, 0.15) is 5.82 Å². The Balaban J connectivity index is 1.95. The Morgan fingerprint density at radius 3 is 2.87 bits per heavy atom. The highest BCUT2D eigenvalue weighted by Crippen LogP contribution is 2.17. The lowest BCUT2D eigenvalue weighted by atomic mass is 10.0. The number of nitrogens with one attached hydrogen (secondary N) is 2. The zero-order chi connectivity index (χ0) is 16.6. The molecule has 0 unspecified atom stereocenters. The maximum atomic E-state index is 12.6. The molecule has 7 heteroatoms. The normalized spacial score (nSPS) is 11.6. The van der Waals surface area contributed by atoms with Gasteiger partial charge in [0, 0.05) is 18.0 Å². The maximum Gasteiger partial charge on any atom is 0.254 e. The van der Waals surface area contributed by atoms with Crippen molar-refractivity contribution >= 4 is 11.4 Å². The summed E-state index contributed by atoms with van der Waals surface area (Å²) in [6.07, 6.45) is 3.41. The van der Waals surface area contributed by atoms with Gasteiger partial charge in [0.2, 0.25) is 0 Å². The summed E-state index contributed by atoms with van der Waals surface area (Å²) in [6.45, 7) is 5.32. The van der Waals surface area contributed by atoms with E-state index in [0.717, 1.165) is 0 Å². The standard InChI is InChI=1S/C16H17N5O2/c1-10-9-13(22)19-15(18-10)16(2,3)20-14(23)11-5-4-8-21-12(11)6-7-17-21/h4-9H,1-3H3,(H,20,23)(H,18,19,22). The van der Waals surface area contributed by atoms with Gasteiger partial charge >= 0.3 is 0 Å². The molecule has 0 radical (unpaired) electrons. The van der Waals surface area contributed by atoms with E-state index in [0.29, 0.717) is 22.6 Å². The van der Waals surface area contributed by atoms with E-state index in [-0.39, 0.29) is 11.5 Å². The van der Waals surface area contributed by atoms with Crippen molar-refractivity contribution in [1.29, 1.82) is 0 Å². The van der Waals surface area contributed by atoms with Crippen LogP contribution in [-0.2, 0) is 5.54 Å². The lowest BCUT2D eigenvalue weighted by Gasteiger charge is -2.25. The van der Waals surface area contributed by atoms with Crippen LogP contribution in [0.5, 0.6) is 0 Å². The number of aryl methyl sites for hydroxylation is 1. The zero-order valence-corrected chi connectivity index (χ0v) is 13.1. The highest BCUT2D eigenvalue weighted by atomic mass is 16.2. The molecule has 1 amide bonds. The minimum atomic E-state index is -0.824. The highest BCUT2D eigenvalue weighted by Gasteiger charge is 2.27. The molecule has 118 valence electrons. The molecule has 0 saturated heterocycles. The molecule has 2 N–H and O–H groups in total. The SMILES string of the molecule is Cc1cc(=O)[nH]c(C(C)(C)NC(=O)c2cccn3nccc23)n1. The molecule has 0 atom stereocenters. The summed E-state index contributed by atoms with van der Waals surface area (Å²) < 4.78 is 1.63. The van der Waals surface area contributed by atoms with Crippen molar-refractivity contribution < 1.29 is 4.79 Å². The summed E-state index contributed by atoms with van der Waals surface area (Å²) in [5, 5.41) is 7.03. The molecule has 0 aliphatic carbocycles. The van der Waals surface area contributed by atoms with Crippen LogP contribution in [0, 0.1) is 6.92 Å². The Morgan fingerprint density at radius 1 is 1.35 bits per heavy atom. The second-order valence-electron chi connectivity index (χ2n) is 5.90. The molecule has 0 aliphatic heterocycles. The second kappa shape index (κ2) is 5.35. The number of nitrogens with zero attached hydrogens (tertiary/aromatic N) is 3. The number of hydrogen-bond acceptors (Lipinski definition) is 4. The van der Waals surface area contributed by atoms with Crippen LogP contribution < -0.4 is 10.9 Å². The van der Waals surface area contributed by atoms with Gasteiger partial charge < -0.3 is 10.3 Å². The first-order chi connectivity index (χ1) is 10.9. The molecule has 3 heterocycles. The van der Waals surface area contributed by atoms with Crippen LogP contribution in [0.1, 0.15) is 35.7 Å². The van der Waals surface area contributed by atoms with E-state index in [1.807, 2.05) is 0 Å². The summed E-state index contributed by atoms with van der Waals surface area (Å²) in [5.41, 5.74) is 0.756. The van der Waals surface area contributed by atoms with Crippen molar-refractivity contribution in [2.24, 2.45) is 0 Å². The number of amides is 1. The summed E-state index contributed by atoms with van der Waals surface area (Å²) >= 11 is 0. The summed E-state index contributed by atoms with van der Waals surface area (Å²) in [7, 11) is 0. The predicted octanol–water partition coefficient (Wildman–Crippen LogP) is 1.39. The van der Waals surface area contributed by atoms with Crippen LogP contribution in [-0.4, -0.2) is 25.5 Å². The second-order valence-corrected chi connectivity index (χ2v) is 5.90. The van der Waals surface area contributed by atoms with Gasteiger partial charge in [0.15, 0.2) is 0 Å². The van der Waals surface area contributed by atoms with Crippen molar-refractivity contribution in [3.63, 3.8) is 0 Å². The lowest BCUT2D eigenvalue weighted by molar-refractivity contribution is 0.0909. The highest BCUT2D eigenvalue weighted by molar-refractivity contribution is 6.01. The Labute approximate surface area is 132 Å². The number of carbonyl (C=O) groups excluding carboxylic acids is 1. The van der Waals surface area contributed by atoms with Crippen LogP contribution >= 0.6 is 0 Å². The topological polar surface area (TPSA) is 92.2 Å². The van der Waals surface area contributed by atoms with E-state index in [9.17, 15) is 9.59 Å². The van der Waals surface area contributed by atoms with E-state index >= 15 is 0 Å². The zero-order valence-electron chi connectivity index (χ0n) is 13.1. The van der Waals surface area contributed by atoms with Gasteiger partial charge in [-0.2, -0.15) is 5.10 Å². The number of rotatable bonds is 3. The Bertz CT molecular complexity index is 939. The molecule has 0 spiro atoms. The van der Waals surface area contributed by atoms with Crippen molar-refractivity contribution in [1.82, 2.24) is 24.9 Å². The summed E-state index contributed by atoms with van der Waals surface area (Å²) in [4.78, 5) is 31.3. The van der Waals surface area contributed by atoms with Gasteiger partial charge in [0.05, 0.1) is 22.8 Å². The number of aromatic nitrogens is 4. The molecule has 0 aromatic carbocycles. The number of fused-ring (bicyclic) bond motifs is 1. The quantitative estimate of drug-likeness (QED) is 0.764. The van der Waals surface area contributed by atoms with Gasteiger partial charge in [0.25, 0.3) is 11.5 Å². The average molecular weight is 311 g/mol. The first-order valence-corrected chi connectivity index (χ1v) is 7.20. The molecule has 0 saturated carbocycles. The van der Waals surface area contributed by atoms with Crippen molar-refractivity contribution in [3.8, 4) is 0 Å². The third-order valence-corrected chi connectivity index (χ3v) is 3.57. The maximum absolute atomic E-state index is 12.6. The molecule has 3 aromatic heterocycles. The van der Waals surface area contributed by atoms with Crippen LogP contribution in [0.25, 0.3) is 5.52 Å².